The number of hydrogen-bond donors (Lipinski definition) is 1. The van der Waals surface area contributed by atoms with Crippen LogP contribution < -0.4 is 5.32 Å². The van der Waals surface area contributed by atoms with E-state index in [4.69, 9.17) is 0 Å². The van der Waals surface area contributed by atoms with Crippen LogP contribution in [0.25, 0.3) is 0 Å². The maximum atomic E-state index is 11.5. The van der Waals surface area contributed by atoms with E-state index >= 15 is 0 Å². The number of aryl methyl sites for hydroxylation is 1. The molecule has 0 spiro atoms. The molecule has 15 heavy (non-hydrogen) atoms. The van der Waals surface area contributed by atoms with Crippen molar-refractivity contribution in [1.82, 2.24) is 0 Å². The number of hydrogen-bond acceptors (Lipinski definition) is 1. The van der Waals surface area contributed by atoms with Crippen LogP contribution in [0, 0.1) is 10.5 Å². The molecule has 0 saturated heterocycles. The van der Waals surface area contributed by atoms with Gasteiger partial charge in [-0.2, -0.15) is 0 Å². The first-order valence-corrected chi connectivity index (χ1v) is 6.27. The Kier molecular flexibility index (Phi) is 5.08. The Balaban J connectivity index is 2.63. The topological polar surface area (TPSA) is 29.1 Å². The molecular weight excluding hydrogens is 301 g/mol. The van der Waals surface area contributed by atoms with Crippen molar-refractivity contribution in [3.63, 3.8) is 0 Å². The molecule has 3 heteroatoms. The van der Waals surface area contributed by atoms with Gasteiger partial charge in [0.15, 0.2) is 0 Å². The van der Waals surface area contributed by atoms with Crippen LogP contribution in [0.15, 0.2) is 18.2 Å². The lowest BCUT2D eigenvalue weighted by atomic mass is 10.2. The highest BCUT2D eigenvalue weighted by molar-refractivity contribution is 14.1. The fourth-order valence-electron chi connectivity index (χ4n) is 1.28. The first-order chi connectivity index (χ1) is 7.13. The maximum Gasteiger partial charge on any atom is 0.224 e. The first-order valence-electron chi connectivity index (χ1n) is 5.19. The smallest absolute Gasteiger partial charge is 0.224 e. The molecule has 1 amide bonds. The van der Waals surface area contributed by atoms with Gasteiger partial charge in [-0.25, -0.2) is 0 Å². The molecule has 0 atom stereocenters. The van der Waals surface area contributed by atoms with Crippen LogP contribution in [0.3, 0.4) is 0 Å². The van der Waals surface area contributed by atoms with Gasteiger partial charge in [0.05, 0.1) is 0 Å². The predicted molar refractivity (Wildman–Crippen MR) is 72.1 cm³/mol. The summed E-state index contributed by atoms with van der Waals surface area (Å²) in [5, 5.41) is 2.94. The fourth-order valence-corrected chi connectivity index (χ4v) is 1.77. The molecule has 1 aromatic carbocycles. The van der Waals surface area contributed by atoms with Crippen molar-refractivity contribution in [2.75, 3.05) is 5.32 Å². The average Bonchev–Trinajstić information content (AvgIpc) is 2.20. The van der Waals surface area contributed by atoms with Gasteiger partial charge < -0.3 is 5.32 Å². The van der Waals surface area contributed by atoms with Gasteiger partial charge in [-0.05, 0) is 53.6 Å². The standard InChI is InChI=1S/C12H16INO/c1-3-4-5-12(15)14-11-8-10(13)7-6-9(11)2/h6-8H,3-5H2,1-2H3,(H,14,15). The number of unbranched alkanes of at least 4 members (excludes halogenated alkanes) is 1. The second-order valence-electron chi connectivity index (χ2n) is 3.61. The molecule has 0 aliphatic carbocycles. The summed E-state index contributed by atoms with van der Waals surface area (Å²) in [6.45, 7) is 4.09. The molecule has 0 fully saturated rings. The lowest BCUT2D eigenvalue weighted by Crippen LogP contribution is -2.11. The van der Waals surface area contributed by atoms with Crippen molar-refractivity contribution in [3.05, 3.63) is 27.3 Å². The van der Waals surface area contributed by atoms with Crippen molar-refractivity contribution < 1.29 is 4.79 Å². The number of benzene rings is 1. The first kappa shape index (κ1) is 12.5. The summed E-state index contributed by atoms with van der Waals surface area (Å²) < 4.78 is 1.14. The number of carbonyl (C=O) groups excluding carboxylic acids is 1. The van der Waals surface area contributed by atoms with E-state index < -0.39 is 0 Å². The Hall–Kier alpha value is -0.580. The summed E-state index contributed by atoms with van der Waals surface area (Å²) in [7, 11) is 0. The minimum Gasteiger partial charge on any atom is -0.326 e. The van der Waals surface area contributed by atoms with E-state index in [0.717, 1.165) is 27.7 Å². The van der Waals surface area contributed by atoms with Crippen LogP contribution in [-0.2, 0) is 4.79 Å². The van der Waals surface area contributed by atoms with Crippen LogP contribution in [-0.4, -0.2) is 5.91 Å². The summed E-state index contributed by atoms with van der Waals surface area (Å²) in [4.78, 5) is 11.5. The van der Waals surface area contributed by atoms with E-state index in [-0.39, 0.29) is 5.91 Å². The van der Waals surface area contributed by atoms with Gasteiger partial charge in [-0.1, -0.05) is 19.4 Å². The summed E-state index contributed by atoms with van der Waals surface area (Å²) in [6.07, 6.45) is 2.62. The second kappa shape index (κ2) is 6.10. The highest BCUT2D eigenvalue weighted by Gasteiger charge is 2.04. The van der Waals surface area contributed by atoms with Gasteiger partial charge in [0.25, 0.3) is 0 Å². The van der Waals surface area contributed by atoms with Crippen LogP contribution in [0.2, 0.25) is 0 Å². The molecule has 0 radical (unpaired) electrons. The predicted octanol–water partition coefficient (Wildman–Crippen LogP) is 3.73. The maximum absolute atomic E-state index is 11.5. The number of halogens is 1. The zero-order chi connectivity index (χ0) is 11.3. The molecule has 0 aromatic heterocycles. The van der Waals surface area contributed by atoms with Crippen LogP contribution >= 0.6 is 22.6 Å². The molecule has 0 unspecified atom stereocenters. The normalized spacial score (nSPS) is 10.1. The van der Waals surface area contributed by atoms with Crippen molar-refractivity contribution in [2.24, 2.45) is 0 Å². The third-order valence-electron chi connectivity index (χ3n) is 2.23. The molecule has 0 bridgehead atoms. The molecule has 0 aliphatic rings. The number of anilines is 1. The van der Waals surface area contributed by atoms with E-state index in [9.17, 15) is 4.79 Å². The zero-order valence-electron chi connectivity index (χ0n) is 9.14. The summed E-state index contributed by atoms with van der Waals surface area (Å²) >= 11 is 2.25. The largest absolute Gasteiger partial charge is 0.326 e. The Morgan fingerprint density at radius 1 is 1.47 bits per heavy atom. The Morgan fingerprint density at radius 2 is 2.20 bits per heavy atom. The van der Waals surface area contributed by atoms with Gasteiger partial charge >= 0.3 is 0 Å². The number of carbonyl (C=O) groups is 1. The third-order valence-corrected chi connectivity index (χ3v) is 2.90. The molecule has 1 aromatic rings. The van der Waals surface area contributed by atoms with E-state index in [1.807, 2.05) is 25.1 Å². The Labute approximate surface area is 105 Å². The third kappa shape index (κ3) is 4.20. The fraction of sp³-hybridized carbons (Fsp3) is 0.417. The molecule has 0 aliphatic heterocycles. The quantitative estimate of drug-likeness (QED) is 0.843. The Morgan fingerprint density at radius 3 is 2.87 bits per heavy atom. The summed E-state index contributed by atoms with van der Waals surface area (Å²) in [5.74, 6) is 0.113. The van der Waals surface area contributed by atoms with Crippen molar-refractivity contribution in [1.29, 1.82) is 0 Å². The number of rotatable bonds is 4. The molecular formula is C12H16INO. The molecule has 2 nitrogen and oxygen atoms in total. The monoisotopic (exact) mass is 317 g/mol. The zero-order valence-corrected chi connectivity index (χ0v) is 11.3. The van der Waals surface area contributed by atoms with Gasteiger partial charge in [0.1, 0.15) is 0 Å². The molecule has 0 heterocycles. The van der Waals surface area contributed by atoms with Gasteiger partial charge in [-0.15, -0.1) is 0 Å². The summed E-state index contributed by atoms with van der Waals surface area (Å²) in [6, 6.07) is 6.06. The molecule has 1 N–H and O–H groups in total. The number of nitrogens with one attached hydrogen (secondary N) is 1. The molecule has 82 valence electrons. The van der Waals surface area contributed by atoms with Crippen LogP contribution in [0.4, 0.5) is 5.69 Å². The average molecular weight is 317 g/mol. The van der Waals surface area contributed by atoms with Gasteiger partial charge in [0.2, 0.25) is 5.91 Å². The van der Waals surface area contributed by atoms with E-state index in [1.54, 1.807) is 0 Å². The minimum absolute atomic E-state index is 0.113. The SMILES string of the molecule is CCCCC(=O)Nc1cc(I)ccc1C. The van der Waals surface area contributed by atoms with Gasteiger partial charge in [-0.3, -0.25) is 4.79 Å². The highest BCUT2D eigenvalue weighted by Crippen LogP contribution is 2.18. The highest BCUT2D eigenvalue weighted by atomic mass is 127. The van der Waals surface area contributed by atoms with Crippen molar-refractivity contribution in [3.8, 4) is 0 Å². The van der Waals surface area contributed by atoms with E-state index in [1.165, 1.54) is 0 Å². The summed E-state index contributed by atoms with van der Waals surface area (Å²) in [5.41, 5.74) is 2.04. The van der Waals surface area contributed by atoms with Crippen LogP contribution in [0.5, 0.6) is 0 Å². The minimum atomic E-state index is 0.113. The van der Waals surface area contributed by atoms with E-state index in [2.05, 4.69) is 34.8 Å². The molecule has 0 saturated carbocycles. The number of amides is 1. The van der Waals surface area contributed by atoms with Gasteiger partial charge in [0, 0.05) is 15.7 Å². The van der Waals surface area contributed by atoms with Crippen molar-refractivity contribution in [2.45, 2.75) is 33.1 Å². The van der Waals surface area contributed by atoms with Crippen LogP contribution in [0.1, 0.15) is 31.7 Å². The lowest BCUT2D eigenvalue weighted by Gasteiger charge is -2.08. The molecule has 1 rings (SSSR count). The lowest BCUT2D eigenvalue weighted by molar-refractivity contribution is -0.116. The van der Waals surface area contributed by atoms with Crippen molar-refractivity contribution >= 4 is 34.2 Å². The second-order valence-corrected chi connectivity index (χ2v) is 4.86. The van der Waals surface area contributed by atoms with E-state index in [0.29, 0.717) is 6.42 Å². The Bertz CT molecular complexity index is 349.